The van der Waals surface area contributed by atoms with Gasteiger partial charge in [0.25, 0.3) is 0 Å². The lowest BCUT2D eigenvalue weighted by molar-refractivity contribution is 0.601. The highest BCUT2D eigenvalue weighted by Gasteiger charge is 2.47. The van der Waals surface area contributed by atoms with Crippen molar-refractivity contribution in [2.45, 2.75) is 24.8 Å². The molecule has 2 atom stereocenters. The van der Waals surface area contributed by atoms with Crippen LogP contribution in [-0.4, -0.2) is 37.2 Å². The second kappa shape index (κ2) is 7.11. The van der Waals surface area contributed by atoms with Crippen molar-refractivity contribution in [3.63, 3.8) is 0 Å². The SMILES string of the molecule is Cc1ccc(N2C(SCc3ccc(F)cc3Cl)=N[C@H]3CS(=O)(=O)C[C@@H]32)cc1. The molecule has 0 unspecified atom stereocenters. The molecule has 2 aromatic carbocycles. The first-order valence-corrected chi connectivity index (χ1v) is 11.7. The fourth-order valence-corrected chi connectivity index (χ4v) is 6.71. The Hall–Kier alpha value is -1.57. The van der Waals surface area contributed by atoms with Crippen LogP contribution >= 0.6 is 23.4 Å². The summed E-state index contributed by atoms with van der Waals surface area (Å²) >= 11 is 7.63. The van der Waals surface area contributed by atoms with Crippen LogP contribution in [-0.2, 0) is 15.6 Å². The Balaban J connectivity index is 1.61. The summed E-state index contributed by atoms with van der Waals surface area (Å²) < 4.78 is 37.4. The van der Waals surface area contributed by atoms with Gasteiger partial charge in [0.15, 0.2) is 15.0 Å². The summed E-state index contributed by atoms with van der Waals surface area (Å²) in [5, 5.41) is 1.16. The van der Waals surface area contributed by atoms with Crippen LogP contribution in [0.25, 0.3) is 0 Å². The highest BCUT2D eigenvalue weighted by molar-refractivity contribution is 8.13. The van der Waals surface area contributed by atoms with Crippen LogP contribution in [0.3, 0.4) is 0 Å². The smallest absolute Gasteiger partial charge is 0.164 e. The van der Waals surface area contributed by atoms with Crippen molar-refractivity contribution in [1.82, 2.24) is 0 Å². The number of anilines is 1. The number of amidine groups is 1. The minimum absolute atomic E-state index is 0.0847. The maximum absolute atomic E-state index is 13.3. The molecule has 1 saturated heterocycles. The predicted octanol–water partition coefficient (Wildman–Crippen LogP) is 4.06. The van der Waals surface area contributed by atoms with E-state index in [1.165, 1.54) is 23.9 Å². The number of hydrogen-bond donors (Lipinski definition) is 0. The van der Waals surface area contributed by atoms with Gasteiger partial charge in [-0.1, -0.05) is 47.1 Å². The minimum atomic E-state index is -3.08. The number of fused-ring (bicyclic) bond motifs is 1. The zero-order chi connectivity index (χ0) is 19.2. The third-order valence-corrected chi connectivity index (χ3v) is 7.86. The molecule has 4 rings (SSSR count). The van der Waals surface area contributed by atoms with Gasteiger partial charge in [-0.05, 0) is 36.8 Å². The molecule has 0 aliphatic carbocycles. The van der Waals surface area contributed by atoms with Gasteiger partial charge in [0.05, 0.1) is 23.6 Å². The van der Waals surface area contributed by atoms with E-state index >= 15 is 0 Å². The van der Waals surface area contributed by atoms with Crippen molar-refractivity contribution in [3.8, 4) is 0 Å². The average Bonchev–Trinajstić information content (AvgIpc) is 3.06. The number of thioether (sulfide) groups is 1. The molecule has 0 radical (unpaired) electrons. The van der Waals surface area contributed by atoms with Gasteiger partial charge in [0.1, 0.15) is 5.82 Å². The van der Waals surface area contributed by atoms with Gasteiger partial charge in [0, 0.05) is 16.5 Å². The zero-order valence-electron chi connectivity index (χ0n) is 14.6. The number of rotatable bonds is 3. The van der Waals surface area contributed by atoms with Crippen LogP contribution < -0.4 is 4.90 Å². The summed E-state index contributed by atoms with van der Waals surface area (Å²) in [6.07, 6.45) is 0. The zero-order valence-corrected chi connectivity index (χ0v) is 17.0. The Morgan fingerprint density at radius 2 is 1.96 bits per heavy atom. The van der Waals surface area contributed by atoms with Crippen molar-refractivity contribution >= 4 is 44.1 Å². The molecule has 0 spiro atoms. The third-order valence-electron chi connectivity index (χ3n) is 4.79. The third kappa shape index (κ3) is 3.86. The number of nitrogens with zero attached hydrogens (tertiary/aromatic N) is 2. The largest absolute Gasteiger partial charge is 0.315 e. The molecular formula is C19H18ClFN2O2S2. The van der Waals surface area contributed by atoms with E-state index in [1.54, 1.807) is 6.07 Å². The quantitative estimate of drug-likeness (QED) is 0.745. The van der Waals surface area contributed by atoms with Crippen molar-refractivity contribution in [3.05, 3.63) is 64.4 Å². The summed E-state index contributed by atoms with van der Waals surface area (Å²) in [5.74, 6) is 0.359. The molecule has 0 amide bonds. The van der Waals surface area contributed by atoms with Crippen molar-refractivity contribution in [2.75, 3.05) is 16.4 Å². The Kier molecular flexibility index (Phi) is 4.94. The van der Waals surface area contributed by atoms with Crippen LogP contribution in [0.4, 0.5) is 10.1 Å². The summed E-state index contributed by atoms with van der Waals surface area (Å²) in [6.45, 7) is 2.01. The molecule has 8 heteroatoms. The monoisotopic (exact) mass is 424 g/mol. The predicted molar refractivity (Wildman–Crippen MR) is 110 cm³/mol. The van der Waals surface area contributed by atoms with E-state index in [-0.39, 0.29) is 29.4 Å². The van der Waals surface area contributed by atoms with Gasteiger partial charge < -0.3 is 4.90 Å². The molecule has 2 aromatic rings. The molecule has 4 nitrogen and oxygen atoms in total. The molecule has 0 saturated carbocycles. The van der Waals surface area contributed by atoms with Crippen LogP contribution in [0.2, 0.25) is 5.02 Å². The van der Waals surface area contributed by atoms with Gasteiger partial charge in [0.2, 0.25) is 0 Å². The number of hydrogen-bond acceptors (Lipinski definition) is 5. The fraction of sp³-hybridized carbons (Fsp3) is 0.316. The Labute approximate surface area is 167 Å². The second-order valence-corrected chi connectivity index (χ2v) is 10.4. The highest BCUT2D eigenvalue weighted by Crippen LogP contribution is 2.36. The maximum atomic E-state index is 13.3. The molecule has 27 heavy (non-hydrogen) atoms. The van der Waals surface area contributed by atoms with Crippen LogP contribution in [0.15, 0.2) is 47.5 Å². The van der Waals surface area contributed by atoms with E-state index in [1.807, 2.05) is 36.1 Å². The summed E-state index contributed by atoms with van der Waals surface area (Å²) in [7, 11) is -3.08. The molecule has 142 valence electrons. The summed E-state index contributed by atoms with van der Waals surface area (Å²) in [5.41, 5.74) is 2.89. The van der Waals surface area contributed by atoms with Gasteiger partial charge in [-0.3, -0.25) is 4.99 Å². The fourth-order valence-electron chi connectivity index (χ4n) is 3.42. The molecule has 0 aromatic heterocycles. The molecular weight excluding hydrogens is 407 g/mol. The van der Waals surface area contributed by atoms with Crippen molar-refractivity contribution < 1.29 is 12.8 Å². The van der Waals surface area contributed by atoms with Crippen molar-refractivity contribution in [2.24, 2.45) is 4.99 Å². The average molecular weight is 425 g/mol. The molecule has 1 fully saturated rings. The first kappa shape index (κ1) is 18.8. The lowest BCUT2D eigenvalue weighted by Gasteiger charge is -2.26. The van der Waals surface area contributed by atoms with E-state index in [0.717, 1.165) is 22.0 Å². The van der Waals surface area contributed by atoms with E-state index in [2.05, 4.69) is 0 Å². The standard InChI is InChI=1S/C19H18ClFN2O2S2/c1-12-2-6-15(7-3-12)23-18-11-27(24,25)10-17(18)22-19(23)26-9-13-4-5-14(21)8-16(13)20/h2-8,17-18H,9-11H2,1H3/t17-,18-/m0/s1. The summed E-state index contributed by atoms with van der Waals surface area (Å²) in [6, 6.07) is 11.9. The lowest BCUT2D eigenvalue weighted by Crippen LogP contribution is -2.39. The van der Waals surface area contributed by atoms with Crippen LogP contribution in [0.1, 0.15) is 11.1 Å². The number of sulfone groups is 1. The molecule has 0 N–H and O–H groups in total. The Morgan fingerprint density at radius 1 is 1.22 bits per heavy atom. The Bertz CT molecular complexity index is 1010. The van der Waals surface area contributed by atoms with Crippen LogP contribution in [0.5, 0.6) is 0 Å². The number of aliphatic imine (C=N–C) groups is 1. The van der Waals surface area contributed by atoms with Gasteiger partial charge in [-0.15, -0.1) is 0 Å². The van der Waals surface area contributed by atoms with E-state index < -0.39 is 9.84 Å². The molecule has 0 bridgehead atoms. The number of aryl methyl sites for hydroxylation is 1. The highest BCUT2D eigenvalue weighted by atomic mass is 35.5. The van der Waals surface area contributed by atoms with E-state index in [9.17, 15) is 12.8 Å². The second-order valence-electron chi connectivity index (χ2n) is 6.85. The summed E-state index contributed by atoms with van der Waals surface area (Å²) in [4.78, 5) is 6.72. The Morgan fingerprint density at radius 3 is 2.67 bits per heavy atom. The molecule has 2 aliphatic rings. The maximum Gasteiger partial charge on any atom is 0.164 e. The number of halogens is 2. The normalized spacial score (nSPS) is 23.4. The van der Waals surface area contributed by atoms with E-state index in [0.29, 0.717) is 10.8 Å². The van der Waals surface area contributed by atoms with Gasteiger partial charge in [-0.25, -0.2) is 12.8 Å². The van der Waals surface area contributed by atoms with Gasteiger partial charge in [-0.2, -0.15) is 0 Å². The topological polar surface area (TPSA) is 49.7 Å². The van der Waals surface area contributed by atoms with E-state index in [4.69, 9.17) is 16.6 Å². The minimum Gasteiger partial charge on any atom is -0.315 e. The first-order chi connectivity index (χ1) is 12.8. The van der Waals surface area contributed by atoms with Crippen LogP contribution in [0, 0.1) is 12.7 Å². The lowest BCUT2D eigenvalue weighted by atomic mass is 10.1. The number of benzene rings is 2. The van der Waals surface area contributed by atoms with Gasteiger partial charge >= 0.3 is 0 Å². The molecule has 2 heterocycles. The first-order valence-electron chi connectivity index (χ1n) is 8.53. The van der Waals surface area contributed by atoms with Crippen molar-refractivity contribution in [1.29, 1.82) is 0 Å². The molecule has 2 aliphatic heterocycles.